The summed E-state index contributed by atoms with van der Waals surface area (Å²) < 4.78 is 39.5. The van der Waals surface area contributed by atoms with E-state index in [2.05, 4.69) is 0 Å². The molecule has 0 spiro atoms. The van der Waals surface area contributed by atoms with Crippen LogP contribution in [0.5, 0.6) is 0 Å². The second-order valence-corrected chi connectivity index (χ2v) is 5.17. The molecule has 0 amide bonds. The Hall–Kier alpha value is -1.56. The van der Waals surface area contributed by atoms with Gasteiger partial charge >= 0.3 is 0 Å². The van der Waals surface area contributed by atoms with Gasteiger partial charge in [0.2, 0.25) is 0 Å². The fraction of sp³-hybridized carbons (Fsp3) is 0.294. The fourth-order valence-electron chi connectivity index (χ4n) is 2.34. The van der Waals surface area contributed by atoms with Crippen molar-refractivity contribution in [2.24, 2.45) is 5.73 Å². The Morgan fingerprint density at radius 2 is 1.48 bits per heavy atom. The molecule has 0 fully saturated rings. The molecule has 0 saturated carbocycles. The molecule has 2 rings (SSSR count). The van der Waals surface area contributed by atoms with Crippen molar-refractivity contribution >= 4 is 12.4 Å². The summed E-state index contributed by atoms with van der Waals surface area (Å²) in [6.45, 7) is 2.09. The van der Waals surface area contributed by atoms with Crippen LogP contribution in [0.15, 0.2) is 42.5 Å². The van der Waals surface area contributed by atoms with Crippen molar-refractivity contribution in [3.63, 3.8) is 0 Å². The predicted molar refractivity (Wildman–Crippen MR) is 88.0 cm³/mol. The first-order chi connectivity index (χ1) is 10.6. The molecule has 0 heterocycles. The first kappa shape index (κ1) is 19.5. The van der Waals surface area contributed by atoms with Gasteiger partial charge in [-0.15, -0.1) is 12.4 Å². The molecule has 6 heteroatoms. The fourth-order valence-corrected chi connectivity index (χ4v) is 2.34. The molecule has 2 aromatic carbocycles. The molecule has 0 saturated heterocycles. The third kappa shape index (κ3) is 5.86. The molecule has 23 heavy (non-hydrogen) atoms. The van der Waals surface area contributed by atoms with Crippen molar-refractivity contribution in [3.05, 3.63) is 71.0 Å². The largest absolute Gasteiger partial charge is 0.329 e. The third-order valence-corrected chi connectivity index (χ3v) is 3.45. The van der Waals surface area contributed by atoms with E-state index < -0.39 is 17.5 Å². The van der Waals surface area contributed by atoms with E-state index in [4.69, 9.17) is 5.73 Å². The monoisotopic (exact) mass is 344 g/mol. The van der Waals surface area contributed by atoms with Crippen molar-refractivity contribution in [3.8, 4) is 0 Å². The van der Waals surface area contributed by atoms with E-state index in [1.807, 2.05) is 35.2 Å². The topological polar surface area (TPSA) is 29.3 Å². The van der Waals surface area contributed by atoms with Crippen LogP contribution < -0.4 is 5.73 Å². The maximum absolute atomic E-state index is 13.3. The number of hydrogen-bond acceptors (Lipinski definition) is 2. The lowest BCUT2D eigenvalue weighted by atomic mass is 10.1. The van der Waals surface area contributed by atoms with Crippen molar-refractivity contribution in [1.29, 1.82) is 0 Å². The highest BCUT2D eigenvalue weighted by molar-refractivity contribution is 5.85. The maximum atomic E-state index is 13.3. The number of rotatable bonds is 7. The quantitative estimate of drug-likeness (QED) is 0.779. The molecule has 0 aliphatic heterocycles. The summed E-state index contributed by atoms with van der Waals surface area (Å²) in [4.78, 5) is 2.00. The van der Waals surface area contributed by atoms with Gasteiger partial charge in [-0.25, -0.2) is 13.2 Å². The van der Waals surface area contributed by atoms with Gasteiger partial charge in [0.25, 0.3) is 0 Å². The van der Waals surface area contributed by atoms with Crippen molar-refractivity contribution in [1.82, 2.24) is 4.90 Å². The van der Waals surface area contributed by atoms with Gasteiger partial charge in [0, 0.05) is 26.2 Å². The second kappa shape index (κ2) is 9.55. The number of benzene rings is 2. The summed E-state index contributed by atoms with van der Waals surface area (Å²) >= 11 is 0. The average molecular weight is 345 g/mol. The lowest BCUT2D eigenvalue weighted by Crippen LogP contribution is -2.31. The van der Waals surface area contributed by atoms with Gasteiger partial charge in [0.1, 0.15) is 0 Å². The van der Waals surface area contributed by atoms with Crippen molar-refractivity contribution in [2.75, 3.05) is 19.6 Å². The van der Waals surface area contributed by atoms with Crippen LogP contribution in [0.3, 0.4) is 0 Å². The zero-order chi connectivity index (χ0) is 15.9. The number of nitrogens with zero attached hydrogens (tertiary/aromatic N) is 1. The molecule has 2 nitrogen and oxygen atoms in total. The normalized spacial score (nSPS) is 10.7. The molecule has 0 radical (unpaired) electrons. The van der Waals surface area contributed by atoms with Gasteiger partial charge in [0.05, 0.1) is 0 Å². The minimum atomic E-state index is -1.43. The summed E-state index contributed by atoms with van der Waals surface area (Å²) in [5.41, 5.74) is 7.17. The van der Waals surface area contributed by atoms with E-state index in [-0.39, 0.29) is 12.4 Å². The molecule has 0 atom stereocenters. The van der Waals surface area contributed by atoms with Crippen LogP contribution in [0.25, 0.3) is 0 Å². The van der Waals surface area contributed by atoms with E-state index in [0.29, 0.717) is 31.7 Å². The van der Waals surface area contributed by atoms with E-state index in [0.717, 1.165) is 18.6 Å². The molecule has 126 valence electrons. The minimum absolute atomic E-state index is 0. The Morgan fingerprint density at radius 3 is 2.04 bits per heavy atom. The van der Waals surface area contributed by atoms with Crippen LogP contribution in [0, 0.1) is 17.5 Å². The number of nitrogens with two attached hydrogens (primary N) is 1. The first-order valence-corrected chi connectivity index (χ1v) is 7.20. The van der Waals surface area contributed by atoms with Gasteiger partial charge in [-0.3, -0.25) is 4.90 Å². The number of hydrogen-bond donors (Lipinski definition) is 1. The zero-order valence-corrected chi connectivity index (χ0v) is 13.5. The van der Waals surface area contributed by atoms with Gasteiger partial charge in [-0.2, -0.15) is 0 Å². The zero-order valence-electron chi connectivity index (χ0n) is 12.6. The summed E-state index contributed by atoms with van der Waals surface area (Å²) in [5.74, 6) is -3.75. The predicted octanol–water partition coefficient (Wildman–Crippen LogP) is 3.53. The van der Waals surface area contributed by atoms with E-state index >= 15 is 0 Å². The standard InChI is InChI=1S/C17H19F3N2.ClH/c18-15-10-14(11-16(19)17(15)20)12-22(9-7-21)8-6-13-4-2-1-3-5-13;/h1-5,10-11H,6-9,12,21H2;1H. The van der Waals surface area contributed by atoms with Crippen LogP contribution >= 0.6 is 12.4 Å². The highest BCUT2D eigenvalue weighted by Crippen LogP contribution is 2.15. The van der Waals surface area contributed by atoms with E-state index in [1.165, 1.54) is 5.56 Å². The van der Waals surface area contributed by atoms with E-state index in [9.17, 15) is 13.2 Å². The summed E-state index contributed by atoms with van der Waals surface area (Å²) in [6, 6.07) is 12.0. The van der Waals surface area contributed by atoms with Crippen molar-refractivity contribution < 1.29 is 13.2 Å². The number of halogens is 4. The lowest BCUT2D eigenvalue weighted by molar-refractivity contribution is 0.275. The molecule has 2 N–H and O–H groups in total. The molecule has 0 aliphatic carbocycles. The second-order valence-electron chi connectivity index (χ2n) is 5.17. The Labute approximate surface area is 140 Å². The molecular weight excluding hydrogens is 325 g/mol. The summed E-state index contributed by atoms with van der Waals surface area (Å²) in [6.07, 6.45) is 0.812. The van der Waals surface area contributed by atoms with Crippen LogP contribution in [-0.4, -0.2) is 24.5 Å². The third-order valence-electron chi connectivity index (χ3n) is 3.45. The average Bonchev–Trinajstić information content (AvgIpc) is 2.51. The lowest BCUT2D eigenvalue weighted by Gasteiger charge is -2.22. The SMILES string of the molecule is Cl.NCCN(CCc1ccccc1)Cc1cc(F)c(F)c(F)c1. The Morgan fingerprint density at radius 1 is 0.870 bits per heavy atom. The first-order valence-electron chi connectivity index (χ1n) is 7.20. The highest BCUT2D eigenvalue weighted by Gasteiger charge is 2.13. The van der Waals surface area contributed by atoms with Gasteiger partial charge in [0.15, 0.2) is 17.5 Å². The Kier molecular flexibility index (Phi) is 8.09. The van der Waals surface area contributed by atoms with Crippen LogP contribution in [0.4, 0.5) is 13.2 Å². The maximum Gasteiger partial charge on any atom is 0.194 e. The van der Waals surface area contributed by atoms with E-state index in [1.54, 1.807) is 0 Å². The smallest absolute Gasteiger partial charge is 0.194 e. The van der Waals surface area contributed by atoms with Crippen LogP contribution in [0.1, 0.15) is 11.1 Å². The Bertz CT molecular complexity index is 585. The highest BCUT2D eigenvalue weighted by atomic mass is 35.5. The van der Waals surface area contributed by atoms with Gasteiger partial charge in [-0.05, 0) is 29.7 Å². The van der Waals surface area contributed by atoms with Crippen LogP contribution in [0.2, 0.25) is 0 Å². The minimum Gasteiger partial charge on any atom is -0.329 e. The van der Waals surface area contributed by atoms with Gasteiger partial charge < -0.3 is 5.73 Å². The van der Waals surface area contributed by atoms with Crippen molar-refractivity contribution in [2.45, 2.75) is 13.0 Å². The Balaban J connectivity index is 0.00000264. The molecule has 2 aromatic rings. The van der Waals surface area contributed by atoms with Gasteiger partial charge in [-0.1, -0.05) is 30.3 Å². The van der Waals surface area contributed by atoms with Crippen LogP contribution in [-0.2, 0) is 13.0 Å². The molecule has 0 unspecified atom stereocenters. The molecule has 0 bridgehead atoms. The summed E-state index contributed by atoms with van der Waals surface area (Å²) in [5, 5.41) is 0. The summed E-state index contributed by atoms with van der Waals surface area (Å²) in [7, 11) is 0. The molecule has 0 aromatic heterocycles. The molecular formula is C17H20ClF3N2. The molecule has 0 aliphatic rings.